The zero-order valence-electron chi connectivity index (χ0n) is 42.9. The molecule has 2 N–H and O–H groups in total. The number of benzene rings is 6. The van der Waals surface area contributed by atoms with Crippen LogP contribution in [0.1, 0.15) is 110 Å². The standard InChI is InChI=1S/C26H20S.C20H18N2.C18H27N.C2H5N/c1-2-8-21-18(6-1)16-19-13-12-17(15-23(19)21)14-20-7-5-11-25-26(20)22-9-3-4-10-24(22)27-25;1-14-9-11-16(12-10-14)22-19-8-3-2-6-17(19)18-7-4-5-15(13-21)20(18)22;1-6-7-8-9-15(2)14-18(3,4)16-10-12-17(19-5)13-11-16;1-3-2/h2-5,7-13,15H,1,6,14,16H2;3-5,7-13,21H,2,6H2,1H3;8-14,19H,6-7H2,1-5H3;1H2,2H3/b;;9-8-,15-14+;. The maximum atomic E-state index is 7.77. The van der Waals surface area contributed by atoms with E-state index in [2.05, 4.69) is 220 Å². The number of thiophene rings is 1. The molecular formula is C66H70N4S. The van der Waals surface area contributed by atoms with E-state index in [1.807, 2.05) is 24.5 Å². The van der Waals surface area contributed by atoms with Gasteiger partial charge >= 0.3 is 0 Å². The van der Waals surface area contributed by atoms with Crippen LogP contribution in [0, 0.1) is 12.3 Å². The van der Waals surface area contributed by atoms with Crippen LogP contribution in [0.2, 0.25) is 0 Å². The quantitative estimate of drug-likeness (QED) is 0.104. The third-order valence-corrected chi connectivity index (χ3v) is 15.0. The van der Waals surface area contributed by atoms with E-state index in [1.165, 1.54) is 107 Å². The first-order valence-corrected chi connectivity index (χ1v) is 26.2. The van der Waals surface area contributed by atoms with Crippen LogP contribution >= 0.6 is 11.3 Å². The topological polar surface area (TPSA) is 53.2 Å². The molecule has 0 bridgehead atoms. The van der Waals surface area contributed by atoms with Gasteiger partial charge < -0.3 is 20.3 Å². The molecule has 0 unspecified atom stereocenters. The molecule has 6 aromatic carbocycles. The average Bonchev–Trinajstić information content (AvgIpc) is 4.07. The van der Waals surface area contributed by atoms with Crippen molar-refractivity contribution in [1.82, 2.24) is 4.57 Å². The van der Waals surface area contributed by atoms with Crippen LogP contribution in [0.15, 0.2) is 180 Å². The third-order valence-electron chi connectivity index (χ3n) is 13.8. The lowest BCUT2D eigenvalue weighted by molar-refractivity contribution is 0.666. The lowest BCUT2D eigenvalue weighted by Gasteiger charge is -2.22. The van der Waals surface area contributed by atoms with Crippen LogP contribution in [-0.4, -0.2) is 31.6 Å². The molecule has 0 aliphatic heterocycles. The number of hydrogen-bond acceptors (Lipinski definition) is 4. The Bertz CT molecular complexity index is 3330. The van der Waals surface area contributed by atoms with Gasteiger partial charge in [0.05, 0.1) is 5.52 Å². The highest BCUT2D eigenvalue weighted by atomic mass is 32.1. The molecular weight excluding hydrogens is 881 g/mol. The number of rotatable bonds is 10. The molecule has 5 heteroatoms. The van der Waals surface area contributed by atoms with Crippen molar-refractivity contribution < 1.29 is 0 Å². The van der Waals surface area contributed by atoms with E-state index in [1.54, 1.807) is 12.6 Å². The van der Waals surface area contributed by atoms with Crippen molar-refractivity contribution in [3.8, 4) is 5.69 Å². The molecule has 2 aromatic heterocycles. The first-order valence-electron chi connectivity index (χ1n) is 25.4. The zero-order valence-corrected chi connectivity index (χ0v) is 43.7. The molecule has 11 rings (SSSR count). The summed E-state index contributed by atoms with van der Waals surface area (Å²) >= 11 is 1.90. The molecule has 360 valence electrons. The molecule has 0 saturated carbocycles. The second-order valence-corrected chi connectivity index (χ2v) is 20.6. The normalized spacial score (nSPS) is 13.7. The average molecular weight is 951 g/mol. The van der Waals surface area contributed by atoms with Gasteiger partial charge in [0.25, 0.3) is 0 Å². The van der Waals surface area contributed by atoms with Crippen LogP contribution in [-0.2, 0) is 24.7 Å². The van der Waals surface area contributed by atoms with E-state index in [9.17, 15) is 0 Å². The maximum Gasteiger partial charge on any atom is 0.0625 e. The number of allylic oxidation sites excluding steroid dienone is 9. The molecule has 4 nitrogen and oxygen atoms in total. The summed E-state index contributed by atoms with van der Waals surface area (Å²) in [4.78, 5) is 3.25. The van der Waals surface area contributed by atoms with Crippen molar-refractivity contribution in [2.24, 2.45) is 4.99 Å². The van der Waals surface area contributed by atoms with E-state index >= 15 is 0 Å². The molecule has 3 aliphatic carbocycles. The molecule has 0 spiro atoms. The van der Waals surface area contributed by atoms with Crippen LogP contribution in [0.5, 0.6) is 0 Å². The van der Waals surface area contributed by atoms with Gasteiger partial charge in [-0.3, -0.25) is 0 Å². The number of unbranched alkanes of at least 4 members (excludes halogenated alkanes) is 1. The third kappa shape index (κ3) is 11.4. The van der Waals surface area contributed by atoms with Gasteiger partial charge in [0.2, 0.25) is 0 Å². The lowest BCUT2D eigenvalue weighted by atomic mass is 9.83. The Hall–Kier alpha value is -7.08. The predicted octanol–water partition coefficient (Wildman–Crippen LogP) is 17.8. The van der Waals surface area contributed by atoms with Crippen molar-refractivity contribution in [1.29, 1.82) is 5.41 Å². The molecule has 0 atom stereocenters. The molecule has 3 aliphatic rings. The van der Waals surface area contributed by atoms with Crippen molar-refractivity contribution in [2.45, 2.75) is 91.4 Å². The minimum Gasteiger partial charge on any atom is -0.388 e. The maximum absolute atomic E-state index is 7.77. The van der Waals surface area contributed by atoms with Crippen LogP contribution in [0.3, 0.4) is 0 Å². The molecule has 0 saturated heterocycles. The lowest BCUT2D eigenvalue weighted by Crippen LogP contribution is -2.14. The summed E-state index contributed by atoms with van der Waals surface area (Å²) in [6.07, 6.45) is 26.6. The van der Waals surface area contributed by atoms with Gasteiger partial charge in [-0.05, 0) is 147 Å². The minimum absolute atomic E-state index is 0.0624. The van der Waals surface area contributed by atoms with Gasteiger partial charge in [-0.1, -0.05) is 171 Å². The number of aryl methyl sites for hydroxylation is 2. The van der Waals surface area contributed by atoms with E-state index in [0.29, 0.717) is 0 Å². The minimum atomic E-state index is 0.0624. The number of para-hydroxylation sites is 1. The van der Waals surface area contributed by atoms with Crippen molar-refractivity contribution in [3.05, 3.63) is 225 Å². The summed E-state index contributed by atoms with van der Waals surface area (Å²) in [5, 5.41) is 15.0. The van der Waals surface area contributed by atoms with Crippen molar-refractivity contribution >= 4 is 72.7 Å². The highest BCUT2D eigenvalue weighted by Crippen LogP contribution is 2.41. The van der Waals surface area contributed by atoms with Gasteiger partial charge in [0, 0.05) is 73.9 Å². The number of aliphatic imine (C=N–C) groups is 1. The van der Waals surface area contributed by atoms with E-state index < -0.39 is 0 Å². The summed E-state index contributed by atoms with van der Waals surface area (Å²) in [5.41, 5.74) is 20.1. The number of nitrogens with zero attached hydrogens (tertiary/aromatic N) is 2. The zero-order chi connectivity index (χ0) is 49.9. The molecule has 0 amide bonds. The summed E-state index contributed by atoms with van der Waals surface area (Å²) in [5.74, 6) is 0. The van der Waals surface area contributed by atoms with Gasteiger partial charge in [-0.15, -0.1) is 11.3 Å². The fourth-order valence-corrected chi connectivity index (χ4v) is 11.5. The second-order valence-electron chi connectivity index (χ2n) is 19.5. The summed E-state index contributed by atoms with van der Waals surface area (Å²) < 4.78 is 5.09. The smallest absolute Gasteiger partial charge is 0.0625 e. The van der Waals surface area contributed by atoms with Gasteiger partial charge in [-0.2, -0.15) is 0 Å². The van der Waals surface area contributed by atoms with Gasteiger partial charge in [0.1, 0.15) is 0 Å². The van der Waals surface area contributed by atoms with Crippen LogP contribution in [0.25, 0.3) is 48.4 Å². The van der Waals surface area contributed by atoms with Gasteiger partial charge in [0.15, 0.2) is 0 Å². The van der Waals surface area contributed by atoms with E-state index in [0.717, 1.165) is 54.6 Å². The van der Waals surface area contributed by atoms with Crippen molar-refractivity contribution in [2.75, 3.05) is 19.4 Å². The van der Waals surface area contributed by atoms with E-state index in [-0.39, 0.29) is 5.41 Å². The Morgan fingerprint density at radius 2 is 1.56 bits per heavy atom. The Balaban J connectivity index is 0.000000141. The highest BCUT2D eigenvalue weighted by molar-refractivity contribution is 7.25. The Morgan fingerprint density at radius 3 is 2.32 bits per heavy atom. The van der Waals surface area contributed by atoms with Crippen molar-refractivity contribution in [3.63, 3.8) is 0 Å². The van der Waals surface area contributed by atoms with Crippen LogP contribution in [0.4, 0.5) is 5.69 Å². The Kier molecular flexibility index (Phi) is 16.5. The summed E-state index contributed by atoms with van der Waals surface area (Å²) in [6, 6.07) is 46.3. The molecule has 0 fully saturated rings. The molecule has 2 heterocycles. The first-order chi connectivity index (χ1) is 34.6. The molecule has 0 radical (unpaired) electrons. The number of anilines is 1. The van der Waals surface area contributed by atoms with Gasteiger partial charge in [-0.25, -0.2) is 0 Å². The van der Waals surface area contributed by atoms with E-state index in [4.69, 9.17) is 5.41 Å². The number of nitrogens with one attached hydrogen (secondary N) is 2. The Morgan fingerprint density at radius 1 is 0.845 bits per heavy atom. The fourth-order valence-electron chi connectivity index (χ4n) is 10.3. The predicted molar refractivity (Wildman–Crippen MR) is 313 cm³/mol. The number of fused-ring (bicyclic) bond motifs is 8. The molecule has 8 aromatic rings. The summed E-state index contributed by atoms with van der Waals surface area (Å²) in [6.45, 7) is 14.1. The number of aromatic nitrogens is 1. The molecule has 71 heavy (non-hydrogen) atoms. The second kappa shape index (κ2) is 23.2. The Labute approximate surface area is 427 Å². The largest absolute Gasteiger partial charge is 0.388 e. The highest BCUT2D eigenvalue weighted by Gasteiger charge is 2.23. The summed E-state index contributed by atoms with van der Waals surface area (Å²) in [7, 11) is 3.59. The SMILES string of the molecule is C1=CC2=C(CC1)Cc1ccc(Cc3cccc4sc5ccccc5c34)cc12.C=NC.CCC/C=C\C(C)=C\C(C)(C)c1ccc(NC)cc1.Cc1ccc(-n2c3c(c4cccc(C=N)c42)CCC=C3)cc1. The first kappa shape index (κ1) is 50.3. The van der Waals surface area contributed by atoms with Crippen LogP contribution < -0.4 is 5.32 Å². The fraction of sp³-hybridized carbons (Fsp3) is 0.242. The monoisotopic (exact) mass is 951 g/mol. The number of hydrogen-bond donors (Lipinski definition) is 2.